The van der Waals surface area contributed by atoms with Crippen LogP contribution in [0.15, 0.2) is 18.2 Å². The van der Waals surface area contributed by atoms with E-state index < -0.39 is 4.92 Å². The number of nitro benzene ring substituents is 1. The van der Waals surface area contributed by atoms with Crippen LogP contribution in [-0.4, -0.2) is 30.0 Å². The first-order valence-corrected chi connectivity index (χ1v) is 5.61. The number of Topliss-reactive ketones (excluding diaryl/α,β-unsaturated/α-hetero) is 1. The predicted octanol–water partition coefficient (Wildman–Crippen LogP) is 1.97. The molecule has 1 unspecified atom stereocenters. The zero-order valence-electron chi connectivity index (χ0n) is 9.92. The highest BCUT2D eigenvalue weighted by Gasteiger charge is 2.21. The molecule has 96 valence electrons. The number of rotatable bonds is 4. The molecule has 1 aliphatic heterocycles. The molecule has 1 fully saturated rings. The summed E-state index contributed by atoms with van der Waals surface area (Å²) in [7, 11) is 0. The summed E-state index contributed by atoms with van der Waals surface area (Å²) in [5, 5.41) is 10.9. The Balaban J connectivity index is 2.24. The molecule has 0 bridgehead atoms. The molecule has 2 rings (SSSR count). The standard InChI is InChI=1S/C12H13NO5/c1-8(14)11-3-2-9(6-12(11)13(15)16)18-10-4-5-17-7-10/h2-3,6,10H,4-5,7H2,1H3. The SMILES string of the molecule is CC(=O)c1ccc(OC2CCOC2)cc1[N+](=O)[O-]. The zero-order valence-corrected chi connectivity index (χ0v) is 9.92. The summed E-state index contributed by atoms with van der Waals surface area (Å²) in [5.74, 6) is 0.0552. The molecule has 0 aliphatic carbocycles. The van der Waals surface area contributed by atoms with Crippen molar-refractivity contribution in [1.29, 1.82) is 0 Å². The summed E-state index contributed by atoms with van der Waals surface area (Å²) in [4.78, 5) is 21.6. The highest BCUT2D eigenvalue weighted by molar-refractivity contribution is 5.98. The average Bonchev–Trinajstić information content (AvgIpc) is 2.81. The van der Waals surface area contributed by atoms with E-state index in [1.54, 1.807) is 6.07 Å². The van der Waals surface area contributed by atoms with E-state index in [-0.39, 0.29) is 23.1 Å². The molecule has 1 atom stereocenters. The first-order chi connectivity index (χ1) is 8.58. The molecule has 1 saturated heterocycles. The number of ether oxygens (including phenoxy) is 2. The van der Waals surface area contributed by atoms with Crippen molar-refractivity contribution in [3.63, 3.8) is 0 Å². The van der Waals surface area contributed by atoms with Gasteiger partial charge < -0.3 is 9.47 Å². The molecule has 6 heteroatoms. The van der Waals surface area contributed by atoms with Crippen LogP contribution in [0.1, 0.15) is 23.7 Å². The van der Waals surface area contributed by atoms with Crippen molar-refractivity contribution >= 4 is 11.5 Å². The lowest BCUT2D eigenvalue weighted by atomic mass is 10.1. The summed E-state index contributed by atoms with van der Waals surface area (Å²) in [5.41, 5.74) is -0.131. The van der Waals surface area contributed by atoms with Crippen LogP contribution >= 0.6 is 0 Å². The van der Waals surface area contributed by atoms with Crippen LogP contribution in [0, 0.1) is 10.1 Å². The van der Waals surface area contributed by atoms with Gasteiger partial charge in [-0.3, -0.25) is 14.9 Å². The molecule has 1 aromatic rings. The van der Waals surface area contributed by atoms with E-state index in [2.05, 4.69) is 0 Å². The fraction of sp³-hybridized carbons (Fsp3) is 0.417. The number of ketones is 1. The van der Waals surface area contributed by atoms with Crippen LogP contribution in [0.4, 0.5) is 5.69 Å². The second kappa shape index (κ2) is 5.14. The van der Waals surface area contributed by atoms with Crippen molar-refractivity contribution < 1.29 is 19.2 Å². The molecule has 0 radical (unpaired) electrons. The Morgan fingerprint density at radius 1 is 1.56 bits per heavy atom. The van der Waals surface area contributed by atoms with Crippen LogP contribution in [0.2, 0.25) is 0 Å². The second-order valence-corrected chi connectivity index (χ2v) is 4.10. The molecule has 0 saturated carbocycles. The van der Waals surface area contributed by atoms with Crippen molar-refractivity contribution in [2.75, 3.05) is 13.2 Å². The minimum absolute atomic E-state index is 0.0761. The van der Waals surface area contributed by atoms with Gasteiger partial charge in [0.1, 0.15) is 11.9 Å². The van der Waals surface area contributed by atoms with Gasteiger partial charge in [-0.25, -0.2) is 0 Å². The quantitative estimate of drug-likeness (QED) is 0.464. The number of nitro groups is 1. The minimum atomic E-state index is -0.575. The third-order valence-electron chi connectivity index (χ3n) is 2.74. The molecule has 1 aliphatic rings. The van der Waals surface area contributed by atoms with Gasteiger partial charge in [0.15, 0.2) is 5.78 Å². The second-order valence-electron chi connectivity index (χ2n) is 4.10. The van der Waals surface area contributed by atoms with Crippen LogP contribution in [0.3, 0.4) is 0 Å². The summed E-state index contributed by atoms with van der Waals surface area (Å²) < 4.78 is 10.7. The number of benzene rings is 1. The maximum atomic E-state index is 11.3. The van der Waals surface area contributed by atoms with Crippen LogP contribution in [0.25, 0.3) is 0 Å². The first kappa shape index (κ1) is 12.5. The van der Waals surface area contributed by atoms with Crippen LogP contribution < -0.4 is 4.74 Å². The van der Waals surface area contributed by atoms with Crippen molar-refractivity contribution in [3.05, 3.63) is 33.9 Å². The maximum absolute atomic E-state index is 11.3. The Labute approximate surface area is 104 Å². The number of nitrogens with zero attached hydrogens (tertiary/aromatic N) is 1. The summed E-state index contributed by atoms with van der Waals surface area (Å²) in [6.07, 6.45) is 0.690. The van der Waals surface area contributed by atoms with E-state index >= 15 is 0 Å². The van der Waals surface area contributed by atoms with Crippen molar-refractivity contribution in [2.45, 2.75) is 19.4 Å². The van der Waals surface area contributed by atoms with Gasteiger partial charge >= 0.3 is 0 Å². The van der Waals surface area contributed by atoms with Crippen molar-refractivity contribution in [2.24, 2.45) is 0 Å². The minimum Gasteiger partial charge on any atom is -0.488 e. The number of hydrogen-bond acceptors (Lipinski definition) is 5. The Morgan fingerprint density at radius 3 is 2.89 bits per heavy atom. The molecule has 0 N–H and O–H groups in total. The van der Waals surface area contributed by atoms with E-state index in [0.717, 1.165) is 6.42 Å². The molecule has 18 heavy (non-hydrogen) atoms. The van der Waals surface area contributed by atoms with Gasteiger partial charge in [-0.05, 0) is 19.1 Å². The Bertz CT molecular complexity index is 479. The Morgan fingerprint density at radius 2 is 2.33 bits per heavy atom. The van der Waals surface area contributed by atoms with Crippen LogP contribution in [0.5, 0.6) is 5.75 Å². The van der Waals surface area contributed by atoms with Gasteiger partial charge in [0, 0.05) is 6.42 Å². The lowest BCUT2D eigenvalue weighted by Crippen LogP contribution is -2.15. The third-order valence-corrected chi connectivity index (χ3v) is 2.74. The zero-order chi connectivity index (χ0) is 13.1. The highest BCUT2D eigenvalue weighted by atomic mass is 16.6. The molecule has 1 heterocycles. The van der Waals surface area contributed by atoms with Crippen LogP contribution in [-0.2, 0) is 4.74 Å². The molecule has 6 nitrogen and oxygen atoms in total. The van der Waals surface area contributed by atoms with Gasteiger partial charge in [-0.1, -0.05) is 0 Å². The topological polar surface area (TPSA) is 78.7 Å². The first-order valence-electron chi connectivity index (χ1n) is 5.61. The molecular weight excluding hydrogens is 238 g/mol. The van der Waals surface area contributed by atoms with E-state index in [1.807, 2.05) is 0 Å². The fourth-order valence-corrected chi connectivity index (χ4v) is 1.83. The summed E-state index contributed by atoms with van der Waals surface area (Å²) in [6.45, 7) is 2.42. The molecular formula is C12H13NO5. The van der Waals surface area contributed by atoms with Gasteiger partial charge in [0.25, 0.3) is 5.69 Å². The summed E-state index contributed by atoms with van der Waals surface area (Å²) >= 11 is 0. The molecule has 0 spiro atoms. The fourth-order valence-electron chi connectivity index (χ4n) is 1.83. The monoisotopic (exact) mass is 251 g/mol. The predicted molar refractivity (Wildman–Crippen MR) is 63.0 cm³/mol. The molecule has 0 amide bonds. The maximum Gasteiger partial charge on any atom is 0.283 e. The van der Waals surface area contributed by atoms with Gasteiger partial charge in [0.05, 0.1) is 29.8 Å². The number of carbonyl (C=O) groups excluding carboxylic acids is 1. The van der Waals surface area contributed by atoms with E-state index in [0.29, 0.717) is 19.0 Å². The number of hydrogen-bond donors (Lipinski definition) is 0. The molecule has 1 aromatic carbocycles. The van der Waals surface area contributed by atoms with Gasteiger partial charge in [0.2, 0.25) is 0 Å². The lowest BCUT2D eigenvalue weighted by molar-refractivity contribution is -0.385. The smallest absolute Gasteiger partial charge is 0.283 e. The van der Waals surface area contributed by atoms with Gasteiger partial charge in [-0.2, -0.15) is 0 Å². The largest absolute Gasteiger partial charge is 0.488 e. The molecule has 0 aromatic heterocycles. The summed E-state index contributed by atoms with van der Waals surface area (Å²) in [6, 6.07) is 4.28. The van der Waals surface area contributed by atoms with E-state index in [4.69, 9.17) is 9.47 Å². The Kier molecular flexibility index (Phi) is 3.57. The normalized spacial score (nSPS) is 18.6. The van der Waals surface area contributed by atoms with E-state index in [1.165, 1.54) is 19.1 Å². The number of carbonyl (C=O) groups is 1. The lowest BCUT2D eigenvalue weighted by Gasteiger charge is -2.11. The Hall–Kier alpha value is -1.95. The highest BCUT2D eigenvalue weighted by Crippen LogP contribution is 2.26. The average molecular weight is 251 g/mol. The van der Waals surface area contributed by atoms with Gasteiger partial charge in [-0.15, -0.1) is 0 Å². The van der Waals surface area contributed by atoms with Crippen molar-refractivity contribution in [3.8, 4) is 5.75 Å². The third kappa shape index (κ3) is 2.65. The van der Waals surface area contributed by atoms with E-state index in [9.17, 15) is 14.9 Å². The van der Waals surface area contributed by atoms with Crippen molar-refractivity contribution in [1.82, 2.24) is 0 Å².